The summed E-state index contributed by atoms with van der Waals surface area (Å²) in [5.74, 6) is 1.11. The summed E-state index contributed by atoms with van der Waals surface area (Å²) in [6.45, 7) is 0. The van der Waals surface area contributed by atoms with Crippen LogP contribution in [0.1, 0.15) is 22.7 Å². The molecule has 1 aliphatic carbocycles. The number of hydrogen-bond acceptors (Lipinski definition) is 5. The van der Waals surface area contributed by atoms with E-state index in [0.29, 0.717) is 22.4 Å². The molecule has 2 atom stereocenters. The van der Waals surface area contributed by atoms with E-state index >= 15 is 0 Å². The van der Waals surface area contributed by atoms with Gasteiger partial charge in [-0.05, 0) is 40.8 Å². The number of aromatic hydroxyl groups is 1. The number of phenolic OH excluding ortho intramolecular Hbond substituents is 1. The van der Waals surface area contributed by atoms with Gasteiger partial charge < -0.3 is 14.8 Å². The molecule has 0 fully saturated rings. The molecule has 1 aromatic heterocycles. The number of aliphatic imine (C=N–C) groups is 1. The Labute approximate surface area is 233 Å². The van der Waals surface area contributed by atoms with E-state index in [1.807, 2.05) is 42.1 Å². The zero-order valence-corrected chi connectivity index (χ0v) is 22.7. The topological polar surface area (TPSA) is 54.7 Å². The summed E-state index contributed by atoms with van der Waals surface area (Å²) >= 11 is 1.82. The Morgan fingerprint density at radius 1 is 0.838 bits per heavy atom. The molecular formula is C31H21N2O2PtS-. The third-order valence-corrected chi connectivity index (χ3v) is 8.04. The number of aromatic nitrogens is 1. The molecule has 5 aromatic rings. The average Bonchev–Trinajstić information content (AvgIpc) is 3.28. The molecule has 37 heavy (non-hydrogen) atoms. The Bertz CT molecular complexity index is 1670. The second-order valence-corrected chi connectivity index (χ2v) is 10.2. The number of pyridine rings is 1. The maximum atomic E-state index is 10.2. The van der Waals surface area contributed by atoms with Gasteiger partial charge in [-0.25, -0.2) is 4.98 Å². The number of rotatable bonds is 3. The number of thioether (sulfide) groups is 1. The standard InChI is InChI=1S/C31H21N2O2S.Pt/c34-26-14-6-8-19-15-16-28(32-29(19)26)35-22-10-5-9-21(17-22)31-33-30-25-13-4-3-12-24(25)23-11-2-1-7-20(23)18-27(30)36-31;/h1-16,27,30,34H,18H2;/q-1;/t27-,30+;/m1./s1. The van der Waals surface area contributed by atoms with Crippen LogP contribution >= 0.6 is 11.8 Å². The first kappa shape index (κ1) is 24.0. The summed E-state index contributed by atoms with van der Waals surface area (Å²) in [5, 5.41) is 12.3. The van der Waals surface area contributed by atoms with Crippen molar-refractivity contribution in [3.8, 4) is 28.5 Å². The molecule has 0 unspecified atom stereocenters. The van der Waals surface area contributed by atoms with Gasteiger partial charge in [0.05, 0.1) is 6.04 Å². The van der Waals surface area contributed by atoms with Crippen LogP contribution in [0.5, 0.6) is 17.4 Å². The number of phenols is 1. The van der Waals surface area contributed by atoms with E-state index in [-0.39, 0.29) is 32.9 Å². The van der Waals surface area contributed by atoms with Crippen LogP contribution in [-0.4, -0.2) is 20.4 Å². The zero-order valence-electron chi connectivity index (χ0n) is 19.6. The summed E-state index contributed by atoms with van der Waals surface area (Å²) in [4.78, 5) is 9.69. The molecule has 0 bridgehead atoms. The molecule has 4 aromatic carbocycles. The monoisotopic (exact) mass is 680 g/mol. The van der Waals surface area contributed by atoms with Crippen LogP contribution in [0.25, 0.3) is 22.0 Å². The van der Waals surface area contributed by atoms with Gasteiger partial charge >= 0.3 is 0 Å². The van der Waals surface area contributed by atoms with Crippen LogP contribution in [0.15, 0.2) is 102 Å². The smallest absolute Gasteiger partial charge is 0.217 e. The molecule has 0 saturated carbocycles. The maximum absolute atomic E-state index is 10.2. The molecule has 4 nitrogen and oxygen atoms in total. The van der Waals surface area contributed by atoms with Gasteiger partial charge in [0.2, 0.25) is 5.88 Å². The van der Waals surface area contributed by atoms with Crippen LogP contribution < -0.4 is 4.74 Å². The van der Waals surface area contributed by atoms with Crippen molar-refractivity contribution in [2.75, 3.05) is 0 Å². The van der Waals surface area contributed by atoms with Crippen molar-refractivity contribution in [1.29, 1.82) is 0 Å². The summed E-state index contributed by atoms with van der Waals surface area (Å²) in [6, 6.07) is 35.7. The van der Waals surface area contributed by atoms with E-state index < -0.39 is 0 Å². The van der Waals surface area contributed by atoms with Crippen molar-refractivity contribution in [2.24, 2.45) is 4.99 Å². The molecule has 2 aliphatic rings. The van der Waals surface area contributed by atoms with E-state index in [2.05, 4.69) is 59.6 Å². The van der Waals surface area contributed by atoms with Gasteiger partial charge in [0, 0.05) is 48.6 Å². The minimum absolute atomic E-state index is 0. The molecular weight excluding hydrogens is 659 g/mol. The minimum Gasteiger partial charge on any atom is -0.506 e. The molecule has 0 radical (unpaired) electrons. The summed E-state index contributed by atoms with van der Waals surface area (Å²) in [6.07, 6.45) is 0.966. The fourth-order valence-electron chi connectivity index (χ4n) is 5.10. The molecule has 7 rings (SSSR count). The van der Waals surface area contributed by atoms with Crippen molar-refractivity contribution in [3.63, 3.8) is 0 Å². The first-order chi connectivity index (χ1) is 17.7. The van der Waals surface area contributed by atoms with Crippen LogP contribution in [0.3, 0.4) is 0 Å². The van der Waals surface area contributed by atoms with Gasteiger partial charge in [-0.3, -0.25) is 0 Å². The average molecular weight is 681 g/mol. The fourth-order valence-corrected chi connectivity index (χ4v) is 6.40. The van der Waals surface area contributed by atoms with Gasteiger partial charge in [-0.1, -0.05) is 66.7 Å². The van der Waals surface area contributed by atoms with Crippen LogP contribution in [-0.2, 0) is 27.5 Å². The summed E-state index contributed by atoms with van der Waals surface area (Å²) in [7, 11) is 0. The second kappa shape index (κ2) is 9.81. The maximum Gasteiger partial charge on any atom is 0.217 e. The second-order valence-electron chi connectivity index (χ2n) is 9.01. The van der Waals surface area contributed by atoms with E-state index in [4.69, 9.17) is 9.73 Å². The SMILES string of the molecule is Oc1cccc2ccc(Oc3[c-]c(C4=N[C@H]5c6ccccc6-c6ccccc6C[C@H]5S4)ccc3)nc12.[Pt]. The number of benzene rings is 4. The minimum atomic E-state index is 0. The number of nitrogens with zero attached hydrogens (tertiary/aromatic N) is 2. The van der Waals surface area contributed by atoms with Crippen LogP contribution in [0.2, 0.25) is 0 Å². The Hall–Kier alpha value is -3.40. The number of fused-ring (bicyclic) bond motifs is 6. The fraction of sp³-hybridized carbons (Fsp3) is 0.0968. The van der Waals surface area contributed by atoms with E-state index in [1.54, 1.807) is 18.2 Å². The van der Waals surface area contributed by atoms with E-state index in [9.17, 15) is 5.11 Å². The Morgan fingerprint density at radius 2 is 1.65 bits per heavy atom. The van der Waals surface area contributed by atoms with E-state index in [0.717, 1.165) is 22.4 Å². The quantitative estimate of drug-likeness (QED) is 0.203. The van der Waals surface area contributed by atoms with Gasteiger partial charge in [0.1, 0.15) is 11.3 Å². The first-order valence-electron chi connectivity index (χ1n) is 11.9. The summed E-state index contributed by atoms with van der Waals surface area (Å²) in [5.41, 5.74) is 6.67. The Morgan fingerprint density at radius 3 is 2.57 bits per heavy atom. The van der Waals surface area contributed by atoms with Crippen molar-refractivity contribution in [3.05, 3.63) is 120 Å². The normalized spacial score (nSPS) is 17.6. The van der Waals surface area contributed by atoms with Crippen LogP contribution in [0.4, 0.5) is 0 Å². The predicted molar refractivity (Wildman–Crippen MR) is 145 cm³/mol. The zero-order chi connectivity index (χ0) is 24.1. The molecule has 1 aliphatic heterocycles. The molecule has 0 saturated heterocycles. The van der Waals surface area contributed by atoms with Gasteiger partial charge in [0.15, 0.2) is 0 Å². The van der Waals surface area contributed by atoms with Gasteiger partial charge in [0.25, 0.3) is 0 Å². The third kappa shape index (κ3) is 4.37. The number of ether oxygens (including phenoxy) is 1. The molecule has 184 valence electrons. The summed E-state index contributed by atoms with van der Waals surface area (Å²) < 4.78 is 6.04. The largest absolute Gasteiger partial charge is 0.506 e. The molecule has 0 amide bonds. The Kier molecular flexibility index (Phi) is 6.35. The van der Waals surface area contributed by atoms with Gasteiger partial charge in [-0.2, -0.15) is 11.8 Å². The van der Waals surface area contributed by atoms with Crippen molar-refractivity contribution in [1.82, 2.24) is 4.98 Å². The van der Waals surface area contributed by atoms with Crippen molar-refractivity contribution >= 4 is 27.7 Å². The van der Waals surface area contributed by atoms with Crippen molar-refractivity contribution in [2.45, 2.75) is 17.7 Å². The molecule has 6 heteroatoms. The van der Waals surface area contributed by atoms with Crippen LogP contribution in [0, 0.1) is 6.07 Å². The Balaban J connectivity index is 0.00000252. The molecule has 1 N–H and O–H groups in total. The predicted octanol–water partition coefficient (Wildman–Crippen LogP) is 7.36. The first-order valence-corrected chi connectivity index (χ1v) is 12.8. The third-order valence-electron chi connectivity index (χ3n) is 6.77. The van der Waals surface area contributed by atoms with Crippen molar-refractivity contribution < 1.29 is 30.9 Å². The molecule has 2 heterocycles. The molecule has 0 spiro atoms. The number of hydrogen-bond donors (Lipinski definition) is 1. The van der Waals surface area contributed by atoms with Gasteiger partial charge in [-0.15, -0.1) is 23.8 Å². The number of para-hydroxylation sites is 1. The van der Waals surface area contributed by atoms with E-state index in [1.165, 1.54) is 22.3 Å².